The average Bonchev–Trinajstić information content (AvgIpc) is 3.50. The van der Waals surface area contributed by atoms with Crippen molar-refractivity contribution in [1.82, 2.24) is 19.7 Å². The molecule has 0 unspecified atom stereocenters. The summed E-state index contributed by atoms with van der Waals surface area (Å²) in [5.41, 5.74) is 6.95. The fourth-order valence-electron chi connectivity index (χ4n) is 5.09. The van der Waals surface area contributed by atoms with E-state index >= 15 is 0 Å². The molecule has 3 fully saturated rings. The Balaban J connectivity index is 1.47. The number of aromatic nitrogens is 4. The maximum atomic E-state index is 9.93. The summed E-state index contributed by atoms with van der Waals surface area (Å²) in [4.78, 5) is 8.78. The molecule has 0 spiro atoms. The Hall–Kier alpha value is -1.28. The molecule has 200 valence electrons. The van der Waals surface area contributed by atoms with Crippen molar-refractivity contribution >= 4 is 36.9 Å². The van der Waals surface area contributed by atoms with Gasteiger partial charge in [-0.15, -0.1) is 0 Å². The molecule has 5 rings (SSSR count). The Bertz CT molecular complexity index is 1120. The number of anilines is 1. The average molecular weight is 538 g/mol. The van der Waals surface area contributed by atoms with Gasteiger partial charge in [0, 0.05) is 5.25 Å². The first-order valence-electron chi connectivity index (χ1n) is 12.8. The fourth-order valence-corrected chi connectivity index (χ4v) is 7.94. The van der Waals surface area contributed by atoms with E-state index in [9.17, 15) is 5.11 Å². The van der Waals surface area contributed by atoms with Gasteiger partial charge in [0.25, 0.3) is 0 Å². The summed E-state index contributed by atoms with van der Waals surface area (Å²) in [7, 11) is -1.91. The first-order valence-corrected chi connectivity index (χ1v) is 16.6. The Morgan fingerprint density at radius 1 is 1.22 bits per heavy atom. The third-order valence-electron chi connectivity index (χ3n) is 7.94. The van der Waals surface area contributed by atoms with Gasteiger partial charge in [-0.3, -0.25) is 0 Å². The lowest BCUT2D eigenvalue weighted by Crippen LogP contribution is -2.45. The number of fused-ring (bicyclic) bond motifs is 2. The van der Waals surface area contributed by atoms with E-state index in [1.165, 1.54) is 6.33 Å². The van der Waals surface area contributed by atoms with Crippen LogP contribution in [0.25, 0.3) is 11.0 Å². The maximum absolute atomic E-state index is 9.93. The monoisotopic (exact) mass is 537 g/mol. The molecule has 4 heterocycles. The van der Waals surface area contributed by atoms with Crippen LogP contribution in [-0.2, 0) is 18.6 Å². The van der Waals surface area contributed by atoms with Crippen molar-refractivity contribution in [3.05, 3.63) is 6.33 Å². The highest BCUT2D eigenvalue weighted by molar-refractivity contribution is 8.00. The lowest BCUT2D eigenvalue weighted by Gasteiger charge is -2.39. The lowest BCUT2D eigenvalue weighted by atomic mass is 10.1. The fraction of sp³-hybridized carbons (Fsp3) is 0.792. The smallest absolute Gasteiger partial charge is 0.192 e. The van der Waals surface area contributed by atoms with E-state index in [4.69, 9.17) is 29.5 Å². The predicted molar refractivity (Wildman–Crippen MR) is 140 cm³/mol. The largest absolute Gasteiger partial charge is 0.413 e. The minimum atomic E-state index is -1.91. The van der Waals surface area contributed by atoms with E-state index in [2.05, 4.69) is 43.8 Å². The van der Waals surface area contributed by atoms with Crippen LogP contribution in [0.2, 0.25) is 18.1 Å². The number of nitrogens with zero attached hydrogens (tertiary/aromatic N) is 4. The zero-order chi connectivity index (χ0) is 26.0. The molecule has 3 aliphatic rings. The van der Waals surface area contributed by atoms with Gasteiger partial charge in [-0.25, -0.2) is 14.6 Å². The molecular formula is C24H39N5O5SSi. The number of nitrogen functional groups attached to an aromatic ring is 1. The zero-order valence-electron chi connectivity index (χ0n) is 22.2. The number of ether oxygens (including phenoxy) is 3. The molecule has 2 saturated heterocycles. The van der Waals surface area contributed by atoms with Crippen LogP contribution in [0.5, 0.6) is 0 Å². The summed E-state index contributed by atoms with van der Waals surface area (Å²) in [5, 5.41) is 16.8. The van der Waals surface area contributed by atoms with Gasteiger partial charge in [0.05, 0.1) is 18.1 Å². The second-order valence-corrected chi connectivity index (χ2v) is 18.0. The van der Waals surface area contributed by atoms with E-state index in [0.29, 0.717) is 16.9 Å². The van der Waals surface area contributed by atoms with Crippen molar-refractivity contribution in [2.45, 2.75) is 119 Å². The van der Waals surface area contributed by atoms with E-state index in [1.54, 1.807) is 16.4 Å². The molecule has 3 N–H and O–H groups in total. The standard InChI is InChI=1S/C24H39N5O5SSi/c1-23(2,3)36(6,7)34-13-9-8-10-15(13)35-21-16-19(25)26-12-27-20(16)29(28-21)22-18-17(14(11-30)31-22)32-24(4,5)33-18/h12-15,17-18,22,30H,8-11H2,1-7H3,(H2,25,26,27)/t13-,14-,15-,17-,18-,22-/m1/s1. The number of nitrogens with two attached hydrogens (primary N) is 1. The molecule has 2 aromatic rings. The maximum Gasteiger partial charge on any atom is 0.192 e. The quantitative estimate of drug-likeness (QED) is 0.525. The van der Waals surface area contributed by atoms with Crippen LogP contribution in [0.15, 0.2) is 11.4 Å². The molecule has 2 aliphatic heterocycles. The van der Waals surface area contributed by atoms with Gasteiger partial charge in [-0.1, -0.05) is 32.5 Å². The van der Waals surface area contributed by atoms with Gasteiger partial charge in [-0.05, 0) is 51.2 Å². The number of thioether (sulfide) groups is 1. The summed E-state index contributed by atoms with van der Waals surface area (Å²) in [6, 6.07) is 0. The Kier molecular flexibility index (Phi) is 6.71. The van der Waals surface area contributed by atoms with Crippen molar-refractivity contribution in [2.24, 2.45) is 0 Å². The number of aliphatic hydroxyl groups excluding tert-OH is 1. The molecular weight excluding hydrogens is 498 g/mol. The number of aliphatic hydroxyl groups is 1. The predicted octanol–water partition coefficient (Wildman–Crippen LogP) is 3.85. The SMILES string of the molecule is CC1(C)O[C@@H]2[C@H](O1)[C@@H](CO)O[C@H]2n1nc(S[C@@H]2CCC[C@H]2O[Si](C)(C)C(C)(C)C)c2c(N)ncnc21. The summed E-state index contributed by atoms with van der Waals surface area (Å²) < 4.78 is 27.0. The van der Waals surface area contributed by atoms with Crippen LogP contribution in [0.1, 0.15) is 60.1 Å². The van der Waals surface area contributed by atoms with Gasteiger partial charge in [0.15, 0.2) is 26.0 Å². The van der Waals surface area contributed by atoms with Crippen molar-refractivity contribution in [2.75, 3.05) is 12.3 Å². The third kappa shape index (κ3) is 4.59. The summed E-state index contributed by atoms with van der Waals surface area (Å²) in [6.07, 6.45) is 2.86. The van der Waals surface area contributed by atoms with E-state index in [-0.39, 0.29) is 23.0 Å². The number of rotatable bonds is 6. The summed E-state index contributed by atoms with van der Waals surface area (Å²) in [5.74, 6) is -0.400. The van der Waals surface area contributed by atoms with E-state index < -0.39 is 38.6 Å². The van der Waals surface area contributed by atoms with Gasteiger partial charge in [0.1, 0.15) is 35.5 Å². The summed E-state index contributed by atoms with van der Waals surface area (Å²) in [6.45, 7) is 15.0. The number of hydrogen-bond acceptors (Lipinski definition) is 10. The molecule has 1 saturated carbocycles. The van der Waals surface area contributed by atoms with Crippen LogP contribution < -0.4 is 5.73 Å². The highest BCUT2D eigenvalue weighted by Gasteiger charge is 2.56. The topological polar surface area (TPSA) is 127 Å². The zero-order valence-corrected chi connectivity index (χ0v) is 24.0. The molecule has 0 amide bonds. The third-order valence-corrected chi connectivity index (χ3v) is 13.8. The minimum Gasteiger partial charge on any atom is -0.413 e. The normalized spacial score (nSPS) is 32.4. The Labute approximate surface area is 217 Å². The van der Waals surface area contributed by atoms with Crippen LogP contribution in [0, 0.1) is 0 Å². The van der Waals surface area contributed by atoms with Crippen molar-refractivity contribution in [1.29, 1.82) is 0 Å². The first-order chi connectivity index (χ1) is 16.8. The molecule has 10 nitrogen and oxygen atoms in total. The van der Waals surface area contributed by atoms with Gasteiger partial charge in [-0.2, -0.15) is 5.10 Å². The van der Waals surface area contributed by atoms with Gasteiger partial charge >= 0.3 is 0 Å². The van der Waals surface area contributed by atoms with Crippen LogP contribution in [0.3, 0.4) is 0 Å². The first kappa shape index (κ1) is 26.3. The molecule has 12 heteroatoms. The van der Waals surface area contributed by atoms with Crippen LogP contribution in [-0.4, -0.2) is 75.2 Å². The van der Waals surface area contributed by atoms with Gasteiger partial charge in [0.2, 0.25) is 0 Å². The molecule has 2 aromatic heterocycles. The molecule has 1 aliphatic carbocycles. The molecule has 0 bridgehead atoms. The van der Waals surface area contributed by atoms with Crippen LogP contribution >= 0.6 is 11.8 Å². The van der Waals surface area contributed by atoms with Crippen molar-refractivity contribution < 1.29 is 23.7 Å². The second-order valence-electron chi connectivity index (χ2n) is 12.0. The second kappa shape index (κ2) is 9.18. The lowest BCUT2D eigenvalue weighted by molar-refractivity contribution is -0.201. The van der Waals surface area contributed by atoms with E-state index in [1.807, 2.05) is 13.8 Å². The molecule has 6 atom stereocenters. The Morgan fingerprint density at radius 2 is 1.94 bits per heavy atom. The minimum absolute atomic E-state index is 0.147. The number of hydrogen-bond donors (Lipinski definition) is 2. The Morgan fingerprint density at radius 3 is 2.64 bits per heavy atom. The highest BCUT2D eigenvalue weighted by Crippen LogP contribution is 2.47. The van der Waals surface area contributed by atoms with E-state index in [0.717, 1.165) is 24.3 Å². The van der Waals surface area contributed by atoms with Gasteiger partial charge < -0.3 is 29.5 Å². The van der Waals surface area contributed by atoms with Crippen molar-refractivity contribution in [3.63, 3.8) is 0 Å². The van der Waals surface area contributed by atoms with Crippen LogP contribution in [0.4, 0.5) is 5.82 Å². The summed E-state index contributed by atoms with van der Waals surface area (Å²) >= 11 is 1.69. The molecule has 36 heavy (non-hydrogen) atoms. The molecule has 0 radical (unpaired) electrons. The van der Waals surface area contributed by atoms with Crippen molar-refractivity contribution in [3.8, 4) is 0 Å². The molecule has 0 aromatic carbocycles. The highest BCUT2D eigenvalue weighted by atomic mass is 32.2.